The van der Waals surface area contributed by atoms with E-state index < -0.39 is 0 Å². The van der Waals surface area contributed by atoms with Gasteiger partial charge in [-0.3, -0.25) is 4.79 Å². The highest BCUT2D eigenvalue weighted by Gasteiger charge is 2.30. The number of hydrogen-bond acceptors (Lipinski definition) is 5. The molecule has 1 amide bonds. The normalized spacial score (nSPS) is 28.1. The average Bonchev–Trinajstić information content (AvgIpc) is 3.04. The zero-order valence-corrected chi connectivity index (χ0v) is 12.5. The molecule has 2 saturated heterocycles. The fourth-order valence-corrected chi connectivity index (χ4v) is 3.13. The molecule has 6 heteroatoms. The predicted octanol–water partition coefficient (Wildman–Crippen LogP) is 0.861. The SMILES string of the molecule is N#CN1CCCC(C(=O)NC2CC(c3ccccc3)NN2)C1. The summed E-state index contributed by atoms with van der Waals surface area (Å²) in [6, 6.07) is 10.4. The van der Waals surface area contributed by atoms with Gasteiger partial charge in [0.15, 0.2) is 6.19 Å². The topological polar surface area (TPSA) is 80.2 Å². The summed E-state index contributed by atoms with van der Waals surface area (Å²) in [5.41, 5.74) is 7.57. The maximum Gasteiger partial charge on any atom is 0.226 e. The van der Waals surface area contributed by atoms with Gasteiger partial charge in [0.1, 0.15) is 0 Å². The Labute approximate surface area is 130 Å². The number of amides is 1. The van der Waals surface area contributed by atoms with E-state index in [1.54, 1.807) is 4.90 Å². The van der Waals surface area contributed by atoms with Gasteiger partial charge in [0.05, 0.1) is 12.1 Å². The van der Waals surface area contributed by atoms with E-state index in [4.69, 9.17) is 5.26 Å². The molecule has 2 aliphatic rings. The highest BCUT2D eigenvalue weighted by molar-refractivity contribution is 5.79. The molecule has 0 saturated carbocycles. The third-order valence-electron chi connectivity index (χ3n) is 4.36. The van der Waals surface area contributed by atoms with Gasteiger partial charge in [0.25, 0.3) is 0 Å². The van der Waals surface area contributed by atoms with Gasteiger partial charge in [-0.2, -0.15) is 5.26 Å². The quantitative estimate of drug-likeness (QED) is 0.721. The van der Waals surface area contributed by atoms with Crippen LogP contribution in [0.25, 0.3) is 0 Å². The van der Waals surface area contributed by atoms with Crippen LogP contribution < -0.4 is 16.2 Å². The second-order valence-electron chi connectivity index (χ2n) is 5.93. The van der Waals surface area contributed by atoms with Gasteiger partial charge in [-0.05, 0) is 18.4 Å². The molecule has 6 nitrogen and oxygen atoms in total. The Bertz CT molecular complexity index is 555. The molecular weight excluding hydrogens is 278 g/mol. The van der Waals surface area contributed by atoms with Gasteiger partial charge in [0, 0.05) is 25.6 Å². The van der Waals surface area contributed by atoms with Crippen molar-refractivity contribution in [2.75, 3.05) is 13.1 Å². The smallest absolute Gasteiger partial charge is 0.226 e. The first-order valence-corrected chi connectivity index (χ1v) is 7.77. The number of benzene rings is 1. The fraction of sp³-hybridized carbons (Fsp3) is 0.500. The lowest BCUT2D eigenvalue weighted by Crippen LogP contribution is -2.49. The number of carbonyl (C=O) groups excluding carboxylic acids is 1. The van der Waals surface area contributed by atoms with Crippen molar-refractivity contribution in [3.63, 3.8) is 0 Å². The lowest BCUT2D eigenvalue weighted by Gasteiger charge is -2.28. The van der Waals surface area contributed by atoms with Crippen molar-refractivity contribution in [2.45, 2.75) is 31.5 Å². The van der Waals surface area contributed by atoms with E-state index >= 15 is 0 Å². The Hall–Kier alpha value is -2.10. The van der Waals surface area contributed by atoms with E-state index in [-0.39, 0.29) is 24.0 Å². The summed E-state index contributed by atoms with van der Waals surface area (Å²) in [4.78, 5) is 14.0. The van der Waals surface area contributed by atoms with E-state index in [1.165, 1.54) is 5.56 Å². The maximum atomic E-state index is 12.3. The van der Waals surface area contributed by atoms with Crippen molar-refractivity contribution in [1.82, 2.24) is 21.1 Å². The Morgan fingerprint density at radius 1 is 1.32 bits per heavy atom. The molecule has 0 aromatic heterocycles. The summed E-state index contributed by atoms with van der Waals surface area (Å²) < 4.78 is 0. The van der Waals surface area contributed by atoms with Crippen LogP contribution >= 0.6 is 0 Å². The van der Waals surface area contributed by atoms with Crippen LogP contribution in [0.15, 0.2) is 30.3 Å². The molecule has 3 N–H and O–H groups in total. The molecule has 2 heterocycles. The molecule has 3 rings (SSSR count). The van der Waals surface area contributed by atoms with E-state index in [2.05, 4.69) is 34.5 Å². The van der Waals surface area contributed by atoms with E-state index in [1.807, 2.05) is 18.2 Å². The highest BCUT2D eigenvalue weighted by Crippen LogP contribution is 2.22. The van der Waals surface area contributed by atoms with Crippen molar-refractivity contribution in [3.8, 4) is 6.19 Å². The first-order valence-electron chi connectivity index (χ1n) is 7.77. The molecule has 0 spiro atoms. The zero-order chi connectivity index (χ0) is 15.4. The number of piperidine rings is 1. The van der Waals surface area contributed by atoms with Gasteiger partial charge in [0.2, 0.25) is 5.91 Å². The minimum atomic E-state index is -0.0917. The summed E-state index contributed by atoms with van der Waals surface area (Å²) in [5.74, 6) is -0.0565. The Morgan fingerprint density at radius 3 is 2.91 bits per heavy atom. The Morgan fingerprint density at radius 2 is 2.14 bits per heavy atom. The van der Waals surface area contributed by atoms with Crippen molar-refractivity contribution in [1.29, 1.82) is 5.26 Å². The standard InChI is InChI=1S/C16H21N5O/c17-11-21-8-4-7-13(10-21)16(22)18-15-9-14(19-20-15)12-5-2-1-3-6-12/h1-3,5-6,13-15,19-20H,4,7-10H2,(H,18,22). The number of nitrogens with one attached hydrogen (secondary N) is 3. The summed E-state index contributed by atoms with van der Waals surface area (Å²) in [6.07, 6.45) is 4.62. The molecular formula is C16H21N5O. The van der Waals surface area contributed by atoms with Crippen LogP contribution in [0.4, 0.5) is 0 Å². The molecule has 116 valence electrons. The molecule has 1 aromatic rings. The summed E-state index contributed by atoms with van der Waals surface area (Å²) >= 11 is 0. The number of hydrogen-bond donors (Lipinski definition) is 3. The third-order valence-corrected chi connectivity index (χ3v) is 4.36. The first kappa shape index (κ1) is 14.8. The summed E-state index contributed by atoms with van der Waals surface area (Å²) in [7, 11) is 0. The van der Waals surface area contributed by atoms with Crippen LogP contribution in [-0.2, 0) is 4.79 Å². The molecule has 2 fully saturated rings. The third kappa shape index (κ3) is 3.38. The van der Waals surface area contributed by atoms with Crippen LogP contribution in [0.1, 0.15) is 30.9 Å². The monoisotopic (exact) mass is 299 g/mol. The Balaban J connectivity index is 1.52. The van der Waals surface area contributed by atoms with Gasteiger partial charge in [-0.25, -0.2) is 10.9 Å². The zero-order valence-electron chi connectivity index (χ0n) is 12.5. The molecule has 3 atom stereocenters. The second-order valence-corrected chi connectivity index (χ2v) is 5.93. The molecule has 0 aliphatic carbocycles. The molecule has 1 aromatic carbocycles. The van der Waals surface area contributed by atoms with Crippen molar-refractivity contribution < 1.29 is 4.79 Å². The van der Waals surface area contributed by atoms with Crippen LogP contribution in [-0.4, -0.2) is 30.1 Å². The van der Waals surface area contributed by atoms with Gasteiger partial charge in [-0.1, -0.05) is 30.3 Å². The van der Waals surface area contributed by atoms with E-state index in [0.717, 1.165) is 25.8 Å². The second kappa shape index (κ2) is 6.77. The molecule has 22 heavy (non-hydrogen) atoms. The maximum absolute atomic E-state index is 12.3. The van der Waals surface area contributed by atoms with Crippen molar-refractivity contribution >= 4 is 5.91 Å². The van der Waals surface area contributed by atoms with Gasteiger partial charge in [-0.15, -0.1) is 0 Å². The van der Waals surface area contributed by atoms with Crippen molar-refractivity contribution in [2.24, 2.45) is 5.92 Å². The first-order chi connectivity index (χ1) is 10.8. The van der Waals surface area contributed by atoms with Crippen LogP contribution in [0, 0.1) is 17.4 Å². The number of hydrazine groups is 1. The number of rotatable bonds is 3. The van der Waals surface area contributed by atoms with Crippen molar-refractivity contribution in [3.05, 3.63) is 35.9 Å². The summed E-state index contributed by atoms with van der Waals surface area (Å²) in [5, 5.41) is 12.0. The largest absolute Gasteiger partial charge is 0.339 e. The Kier molecular flexibility index (Phi) is 4.56. The van der Waals surface area contributed by atoms with Gasteiger partial charge >= 0.3 is 0 Å². The average molecular weight is 299 g/mol. The number of nitriles is 1. The minimum Gasteiger partial charge on any atom is -0.339 e. The molecule has 0 bridgehead atoms. The minimum absolute atomic E-state index is 0.0351. The van der Waals surface area contributed by atoms with E-state index in [9.17, 15) is 4.79 Å². The molecule has 2 aliphatic heterocycles. The summed E-state index contributed by atoms with van der Waals surface area (Å²) in [6.45, 7) is 1.30. The number of nitrogens with zero attached hydrogens (tertiary/aromatic N) is 2. The van der Waals surface area contributed by atoms with Crippen LogP contribution in [0.2, 0.25) is 0 Å². The van der Waals surface area contributed by atoms with Crippen LogP contribution in [0.5, 0.6) is 0 Å². The van der Waals surface area contributed by atoms with Crippen LogP contribution in [0.3, 0.4) is 0 Å². The molecule has 0 radical (unpaired) electrons. The number of likely N-dealkylation sites (tertiary alicyclic amines) is 1. The lowest BCUT2D eigenvalue weighted by atomic mass is 9.97. The predicted molar refractivity (Wildman–Crippen MR) is 81.9 cm³/mol. The lowest BCUT2D eigenvalue weighted by molar-refractivity contribution is -0.127. The highest BCUT2D eigenvalue weighted by atomic mass is 16.2. The molecule has 3 unspecified atom stereocenters. The number of carbonyl (C=O) groups is 1. The fourth-order valence-electron chi connectivity index (χ4n) is 3.13. The van der Waals surface area contributed by atoms with Gasteiger partial charge < -0.3 is 10.2 Å². The van der Waals surface area contributed by atoms with E-state index in [0.29, 0.717) is 6.54 Å².